The van der Waals surface area contributed by atoms with Gasteiger partial charge in [-0.1, -0.05) is 42.3 Å². The van der Waals surface area contributed by atoms with Crippen molar-refractivity contribution in [2.75, 3.05) is 0 Å². The molecule has 0 radical (unpaired) electrons. The van der Waals surface area contributed by atoms with Crippen LogP contribution in [0.4, 0.5) is 0 Å². The van der Waals surface area contributed by atoms with E-state index in [-0.39, 0.29) is 17.5 Å². The summed E-state index contributed by atoms with van der Waals surface area (Å²) in [6, 6.07) is 17.8. The second kappa shape index (κ2) is 10.1. The summed E-state index contributed by atoms with van der Waals surface area (Å²) >= 11 is 16.2. The van der Waals surface area contributed by atoms with Gasteiger partial charge in [-0.25, -0.2) is 4.98 Å². The maximum absolute atomic E-state index is 13.4. The molecular weight excluding hydrogens is 565 g/mol. The zero-order chi connectivity index (χ0) is 25.4. The Balaban J connectivity index is 1.63. The van der Waals surface area contributed by atoms with Crippen molar-refractivity contribution in [1.29, 1.82) is 0 Å². The third kappa shape index (κ3) is 4.78. The summed E-state index contributed by atoms with van der Waals surface area (Å²) in [5.74, 6) is 1.22. The average molecular weight is 585 g/mol. The number of hydrogen-bond acceptors (Lipinski definition) is 5. The Kier molecular flexibility index (Phi) is 6.88. The van der Waals surface area contributed by atoms with Crippen LogP contribution in [0.3, 0.4) is 0 Å². The average Bonchev–Trinajstić information content (AvgIpc) is 3.28. The molecule has 0 aliphatic rings. The molecule has 0 aliphatic heterocycles. The first-order valence-corrected chi connectivity index (χ1v) is 12.8. The minimum atomic E-state index is -0.327. The van der Waals surface area contributed by atoms with Gasteiger partial charge in [-0.2, -0.15) is 9.78 Å². The zero-order valence-electron chi connectivity index (χ0n) is 19.3. The Morgan fingerprint density at radius 3 is 2.75 bits per heavy atom. The molecule has 0 spiro atoms. The number of ether oxygens (including phenoxy) is 1. The topological polar surface area (TPSA) is 69.6 Å². The molecule has 0 unspecified atom stereocenters. The first kappa shape index (κ1) is 24.6. The molecule has 0 saturated carbocycles. The highest BCUT2D eigenvalue weighted by molar-refractivity contribution is 9.10. The number of fused-ring (bicyclic) bond motifs is 2. The normalized spacial score (nSPS) is 12.6. The molecule has 0 fully saturated rings. The Bertz CT molecular complexity index is 1670. The first-order chi connectivity index (χ1) is 17.3. The van der Waals surface area contributed by atoms with Crippen molar-refractivity contribution >= 4 is 67.2 Å². The second-order valence-corrected chi connectivity index (χ2v) is 9.96. The summed E-state index contributed by atoms with van der Waals surface area (Å²) in [6.07, 6.45) is 2.41. The van der Waals surface area contributed by atoms with Crippen LogP contribution in [0.2, 0.25) is 10.0 Å². The second-order valence-electron chi connectivity index (χ2n) is 8.26. The third-order valence-electron chi connectivity index (χ3n) is 5.69. The number of nitrogens with zero attached hydrogens (tertiary/aromatic N) is 3. The van der Waals surface area contributed by atoms with Crippen LogP contribution in [-0.4, -0.2) is 22.0 Å². The number of hydrogen-bond donors (Lipinski definition) is 0. The quantitative estimate of drug-likeness (QED) is 0.190. The van der Waals surface area contributed by atoms with Gasteiger partial charge in [0.1, 0.15) is 5.58 Å². The lowest BCUT2D eigenvalue weighted by molar-refractivity contribution is 0.216. The van der Waals surface area contributed by atoms with E-state index in [1.807, 2.05) is 26.0 Å². The monoisotopic (exact) mass is 583 g/mol. The van der Waals surface area contributed by atoms with Crippen LogP contribution < -0.4 is 10.3 Å². The molecule has 0 bridgehead atoms. The molecule has 5 aromatic rings. The lowest BCUT2D eigenvalue weighted by Crippen LogP contribution is -2.20. The van der Waals surface area contributed by atoms with Crippen molar-refractivity contribution in [3.8, 4) is 17.3 Å². The molecule has 0 saturated heterocycles. The summed E-state index contributed by atoms with van der Waals surface area (Å²) < 4.78 is 13.8. The fourth-order valence-electron chi connectivity index (χ4n) is 3.69. The number of halogens is 3. The highest BCUT2D eigenvalue weighted by atomic mass is 79.9. The van der Waals surface area contributed by atoms with E-state index in [1.165, 1.54) is 4.68 Å². The summed E-state index contributed by atoms with van der Waals surface area (Å²) in [5.41, 5.74) is 1.51. The Morgan fingerprint density at radius 1 is 1.17 bits per heavy atom. The standard InChI is InChI=1S/C27H20BrCl2N3O3/c1-3-15(2)35-25-20(28)10-16(11-21(25)30)14-31-33-26(32-22-7-5-4-6-19(22)27(33)34)24-13-17-12-18(29)8-9-23(17)36-24/h4-15H,3H2,1-2H3/t15-/m1/s1. The van der Waals surface area contributed by atoms with Crippen molar-refractivity contribution in [1.82, 2.24) is 9.66 Å². The van der Waals surface area contributed by atoms with Crippen molar-refractivity contribution in [2.24, 2.45) is 5.10 Å². The number of aromatic nitrogens is 2. The largest absolute Gasteiger partial charge is 0.488 e. The van der Waals surface area contributed by atoms with Gasteiger partial charge < -0.3 is 9.15 Å². The Labute approximate surface area is 225 Å². The molecule has 0 amide bonds. The molecule has 1 atom stereocenters. The van der Waals surface area contributed by atoms with E-state index in [9.17, 15) is 4.79 Å². The van der Waals surface area contributed by atoms with Gasteiger partial charge in [-0.15, -0.1) is 0 Å². The van der Waals surface area contributed by atoms with E-state index in [0.29, 0.717) is 48.1 Å². The van der Waals surface area contributed by atoms with Gasteiger partial charge >= 0.3 is 0 Å². The fourth-order valence-corrected chi connectivity index (χ4v) is 4.83. The molecule has 182 valence electrons. The minimum absolute atomic E-state index is 0.0156. The van der Waals surface area contributed by atoms with Crippen LogP contribution in [0.1, 0.15) is 25.8 Å². The Hall–Kier alpha value is -3.13. The van der Waals surface area contributed by atoms with Gasteiger partial charge in [0.05, 0.1) is 32.7 Å². The zero-order valence-corrected chi connectivity index (χ0v) is 22.4. The van der Waals surface area contributed by atoms with E-state index < -0.39 is 0 Å². The molecule has 0 aliphatic carbocycles. The molecule has 5 rings (SSSR count). The van der Waals surface area contributed by atoms with Crippen LogP contribution in [-0.2, 0) is 0 Å². The number of rotatable bonds is 6. The first-order valence-electron chi connectivity index (χ1n) is 11.3. The Morgan fingerprint density at radius 2 is 1.97 bits per heavy atom. The van der Waals surface area contributed by atoms with Gasteiger partial charge in [0.25, 0.3) is 5.56 Å². The van der Waals surface area contributed by atoms with E-state index in [2.05, 4.69) is 21.0 Å². The SMILES string of the molecule is CC[C@@H](C)Oc1c(Cl)cc(C=Nn2c(-c3cc4cc(Cl)ccc4o3)nc3ccccc3c2=O)cc1Br. The smallest absolute Gasteiger partial charge is 0.282 e. The lowest BCUT2D eigenvalue weighted by atomic mass is 10.2. The van der Waals surface area contributed by atoms with Gasteiger partial charge in [0, 0.05) is 10.4 Å². The van der Waals surface area contributed by atoms with Crippen LogP contribution in [0.5, 0.6) is 5.75 Å². The molecule has 36 heavy (non-hydrogen) atoms. The van der Waals surface area contributed by atoms with E-state index >= 15 is 0 Å². The highest BCUT2D eigenvalue weighted by Crippen LogP contribution is 2.35. The van der Waals surface area contributed by atoms with Gasteiger partial charge in [-0.3, -0.25) is 4.79 Å². The van der Waals surface area contributed by atoms with Crippen molar-refractivity contribution < 1.29 is 9.15 Å². The van der Waals surface area contributed by atoms with E-state index in [0.717, 1.165) is 11.8 Å². The maximum atomic E-state index is 13.4. The summed E-state index contributed by atoms with van der Waals surface area (Å²) in [5, 5.41) is 6.74. The van der Waals surface area contributed by atoms with Gasteiger partial charge in [0.2, 0.25) is 5.82 Å². The fraction of sp³-hybridized carbons (Fsp3) is 0.148. The van der Waals surface area contributed by atoms with Crippen molar-refractivity contribution in [3.63, 3.8) is 0 Å². The third-order valence-corrected chi connectivity index (χ3v) is 6.79. The van der Waals surface area contributed by atoms with Crippen molar-refractivity contribution in [2.45, 2.75) is 26.4 Å². The molecule has 6 nitrogen and oxygen atoms in total. The summed E-state index contributed by atoms with van der Waals surface area (Å²) in [6.45, 7) is 4.02. The molecule has 2 aromatic heterocycles. The van der Waals surface area contributed by atoms with Gasteiger partial charge in [-0.05, 0) is 83.4 Å². The predicted molar refractivity (Wildman–Crippen MR) is 149 cm³/mol. The van der Waals surface area contributed by atoms with E-state index in [1.54, 1.807) is 54.7 Å². The number of benzene rings is 3. The number of furan rings is 1. The van der Waals surface area contributed by atoms with E-state index in [4.69, 9.17) is 37.3 Å². The van der Waals surface area contributed by atoms with Crippen LogP contribution in [0.25, 0.3) is 33.5 Å². The summed E-state index contributed by atoms with van der Waals surface area (Å²) in [4.78, 5) is 18.1. The van der Waals surface area contributed by atoms with Crippen molar-refractivity contribution in [3.05, 3.63) is 91.1 Å². The number of para-hydroxylation sites is 1. The summed E-state index contributed by atoms with van der Waals surface area (Å²) in [7, 11) is 0. The molecular formula is C27H20BrCl2N3O3. The van der Waals surface area contributed by atoms with Crippen LogP contribution >= 0.6 is 39.1 Å². The minimum Gasteiger partial charge on any atom is -0.488 e. The lowest BCUT2D eigenvalue weighted by Gasteiger charge is -2.15. The van der Waals surface area contributed by atoms with Gasteiger partial charge in [0.15, 0.2) is 11.5 Å². The van der Waals surface area contributed by atoms with Crippen LogP contribution in [0.15, 0.2) is 79.4 Å². The maximum Gasteiger partial charge on any atom is 0.282 e. The molecule has 0 N–H and O–H groups in total. The van der Waals surface area contributed by atoms with Crippen LogP contribution in [0, 0.1) is 0 Å². The molecule has 2 heterocycles. The highest BCUT2D eigenvalue weighted by Gasteiger charge is 2.17. The molecule has 9 heteroatoms. The molecule has 3 aromatic carbocycles. The predicted octanol–water partition coefficient (Wildman–Crippen LogP) is 7.94.